The number of H-pyrrole nitrogens is 3. The second-order valence-corrected chi connectivity index (χ2v) is 11.2. The summed E-state index contributed by atoms with van der Waals surface area (Å²) in [6, 6.07) is -0.0508. The molecule has 0 aliphatic carbocycles. The van der Waals surface area contributed by atoms with Gasteiger partial charge in [-0.2, -0.15) is 0 Å². The van der Waals surface area contributed by atoms with Crippen LogP contribution in [0.5, 0.6) is 0 Å². The predicted octanol–water partition coefficient (Wildman–Crippen LogP) is 4.61. The van der Waals surface area contributed by atoms with Crippen molar-refractivity contribution in [2.75, 3.05) is 0 Å². The molecule has 0 fully saturated rings. The van der Waals surface area contributed by atoms with Gasteiger partial charge in [-0.05, 0) is 97.7 Å². The normalized spacial score (nSPS) is 18.8. The van der Waals surface area contributed by atoms with Crippen LogP contribution in [-0.2, 0) is 22.4 Å². The van der Waals surface area contributed by atoms with Crippen LogP contribution in [0, 0.1) is 20.8 Å². The van der Waals surface area contributed by atoms with Crippen molar-refractivity contribution in [3.63, 3.8) is 0 Å². The Morgan fingerprint density at radius 3 is 2.12 bits per heavy atom. The summed E-state index contributed by atoms with van der Waals surface area (Å²) in [5.74, 6) is -1.70. The Bertz CT molecular complexity index is 1820. The average Bonchev–Trinajstić information content (AvgIpc) is 3.59. The molecular formula is C34H38N4O4. The van der Waals surface area contributed by atoms with Crippen LogP contribution in [0.2, 0.25) is 0 Å². The molecule has 5 heterocycles. The predicted molar refractivity (Wildman–Crippen MR) is 167 cm³/mol. The topological polar surface area (TPSA) is 134 Å². The fourth-order valence-corrected chi connectivity index (χ4v) is 6.29. The number of allylic oxidation sites excluding steroid dienone is 1. The molecule has 0 aromatic carbocycles. The quantitative estimate of drug-likeness (QED) is 0.237. The first-order chi connectivity index (χ1) is 20.0. The molecule has 5 rings (SSSR count). The summed E-state index contributed by atoms with van der Waals surface area (Å²) in [4.78, 5) is 33.9. The first kappa shape index (κ1) is 28.8. The van der Waals surface area contributed by atoms with Crippen LogP contribution in [-0.4, -0.2) is 43.1 Å². The first-order valence-corrected chi connectivity index (χ1v) is 14.2. The van der Waals surface area contributed by atoms with Crippen LogP contribution in [0.25, 0.3) is 30.4 Å². The van der Waals surface area contributed by atoms with Gasteiger partial charge in [-0.1, -0.05) is 25.3 Å². The van der Waals surface area contributed by atoms with Gasteiger partial charge in [-0.15, -0.1) is 0 Å². The third kappa shape index (κ3) is 5.20. The monoisotopic (exact) mass is 566 g/mol. The average molecular weight is 567 g/mol. The Morgan fingerprint density at radius 2 is 1.45 bits per heavy atom. The van der Waals surface area contributed by atoms with E-state index in [4.69, 9.17) is 0 Å². The van der Waals surface area contributed by atoms with Gasteiger partial charge in [0.2, 0.25) is 0 Å². The molecule has 8 bridgehead atoms. The second kappa shape index (κ2) is 11.3. The van der Waals surface area contributed by atoms with Crippen molar-refractivity contribution in [3.8, 4) is 0 Å². The van der Waals surface area contributed by atoms with E-state index < -0.39 is 11.9 Å². The van der Waals surface area contributed by atoms with Gasteiger partial charge in [0.05, 0.1) is 6.04 Å². The minimum Gasteiger partial charge on any atom is -0.481 e. The molecule has 1 atom stereocenters. The lowest BCUT2D eigenvalue weighted by Gasteiger charge is -2.14. The summed E-state index contributed by atoms with van der Waals surface area (Å²) in [7, 11) is 0. The van der Waals surface area contributed by atoms with Gasteiger partial charge >= 0.3 is 11.9 Å². The zero-order chi connectivity index (χ0) is 30.3. The maximum absolute atomic E-state index is 11.6. The summed E-state index contributed by atoms with van der Waals surface area (Å²) < 4.78 is 0. The van der Waals surface area contributed by atoms with E-state index in [2.05, 4.69) is 66.3 Å². The van der Waals surface area contributed by atoms with Gasteiger partial charge in [0.1, 0.15) is 0 Å². The van der Waals surface area contributed by atoms with E-state index in [0.717, 1.165) is 83.7 Å². The van der Waals surface area contributed by atoms with E-state index in [-0.39, 0.29) is 18.9 Å². The number of aromatic nitrogens is 3. The highest BCUT2D eigenvalue weighted by molar-refractivity contribution is 5.72. The molecule has 0 unspecified atom stereocenters. The molecule has 218 valence electrons. The van der Waals surface area contributed by atoms with Crippen molar-refractivity contribution < 1.29 is 19.8 Å². The smallest absolute Gasteiger partial charge is 0.303 e. The maximum Gasteiger partial charge on any atom is 0.303 e. The Balaban J connectivity index is 1.81. The Labute approximate surface area is 245 Å². The molecule has 2 aliphatic heterocycles. The van der Waals surface area contributed by atoms with Crippen LogP contribution in [0.1, 0.15) is 82.3 Å². The lowest BCUT2D eigenvalue weighted by atomic mass is 9.97. The molecular weight excluding hydrogens is 528 g/mol. The summed E-state index contributed by atoms with van der Waals surface area (Å²) >= 11 is 0. The summed E-state index contributed by atoms with van der Waals surface area (Å²) in [5, 5.41) is 24.5. The number of aromatic amines is 3. The lowest BCUT2D eigenvalue weighted by molar-refractivity contribution is -0.138. The molecule has 0 radical (unpaired) electrons. The van der Waals surface area contributed by atoms with Gasteiger partial charge in [0.25, 0.3) is 0 Å². The lowest BCUT2D eigenvalue weighted by Crippen LogP contribution is -2.26. The number of hydrogen-bond acceptors (Lipinski definition) is 3. The highest BCUT2D eigenvalue weighted by Gasteiger charge is 2.28. The number of nitrogens with one attached hydrogen (secondary N) is 4. The van der Waals surface area contributed by atoms with E-state index in [1.54, 1.807) is 0 Å². The number of carboxylic acid groups (broad SMARTS) is 2. The molecule has 6 N–H and O–H groups in total. The van der Waals surface area contributed by atoms with Crippen molar-refractivity contribution in [1.29, 1.82) is 0 Å². The third-order valence-corrected chi connectivity index (χ3v) is 8.75. The van der Waals surface area contributed by atoms with E-state index >= 15 is 0 Å². The number of rotatable bonds is 8. The highest BCUT2D eigenvalue weighted by Crippen LogP contribution is 2.34. The molecule has 3 aromatic rings. The number of carbonyl (C=O) groups is 2. The molecule has 0 saturated heterocycles. The van der Waals surface area contributed by atoms with Crippen molar-refractivity contribution in [2.45, 2.75) is 65.8 Å². The summed E-state index contributed by atoms with van der Waals surface area (Å²) in [6.07, 6.45) is 11.4. The van der Waals surface area contributed by atoms with Crippen molar-refractivity contribution >= 4 is 42.3 Å². The SMILES string of the molecule is C=Cc1c2[nH]c(c1C)/C=c1\[nH]/c(c(C)c1C=C)=C\c1[nH]c(c(CCC(=O)O)c1C)/C=C1\N[C@@H](C2)C(C)=C1CCC(=O)O. The minimum atomic E-state index is -0.857. The Hall–Kier alpha value is -4.72. The van der Waals surface area contributed by atoms with Gasteiger partial charge in [0, 0.05) is 64.0 Å². The van der Waals surface area contributed by atoms with Crippen LogP contribution < -0.4 is 16.0 Å². The third-order valence-electron chi connectivity index (χ3n) is 8.75. The van der Waals surface area contributed by atoms with Gasteiger partial charge in [-0.3, -0.25) is 9.59 Å². The van der Waals surface area contributed by atoms with Crippen LogP contribution in [0.4, 0.5) is 0 Å². The van der Waals surface area contributed by atoms with Gasteiger partial charge in [0.15, 0.2) is 0 Å². The van der Waals surface area contributed by atoms with Gasteiger partial charge in [-0.25, -0.2) is 0 Å². The van der Waals surface area contributed by atoms with Gasteiger partial charge < -0.3 is 30.5 Å². The summed E-state index contributed by atoms with van der Waals surface area (Å²) in [6.45, 7) is 16.4. The van der Waals surface area contributed by atoms with E-state index in [1.807, 2.05) is 25.2 Å². The maximum atomic E-state index is 11.6. The molecule has 8 nitrogen and oxygen atoms in total. The standard InChI is InChI=1S/C34H38N4O4/c1-7-21-17(3)25-13-26-19(5)23(9-11-33(39)40)31(37-26)16-32-24(10-12-34(41)42)20(6)28(38-32)15-30-22(8-2)18(4)27(36-30)14-29(21)35-25/h7-8,13-14,16,28,35-38H,1-2,9-12,15H2,3-6H3,(H,39,40)(H,41,42)/b25-13-,29-14-,32-16-/t28-/m0/s1. The van der Waals surface area contributed by atoms with E-state index in [0.29, 0.717) is 19.3 Å². The fourth-order valence-electron chi connectivity index (χ4n) is 6.29. The van der Waals surface area contributed by atoms with Crippen molar-refractivity contribution in [3.05, 3.63) is 96.9 Å². The molecule has 0 spiro atoms. The molecule has 8 heteroatoms. The molecule has 3 aromatic heterocycles. The number of carboxylic acids is 2. The van der Waals surface area contributed by atoms with E-state index in [9.17, 15) is 19.8 Å². The largest absolute Gasteiger partial charge is 0.481 e. The van der Waals surface area contributed by atoms with E-state index in [1.165, 1.54) is 0 Å². The summed E-state index contributed by atoms with van der Waals surface area (Å²) in [5.41, 5.74) is 12.8. The molecule has 2 aliphatic rings. The fraction of sp³-hybridized carbons (Fsp3) is 0.294. The zero-order valence-electron chi connectivity index (χ0n) is 24.6. The highest BCUT2D eigenvalue weighted by atomic mass is 16.4. The van der Waals surface area contributed by atoms with Crippen molar-refractivity contribution in [2.24, 2.45) is 0 Å². The molecule has 0 saturated carbocycles. The molecule has 42 heavy (non-hydrogen) atoms. The van der Waals surface area contributed by atoms with Crippen LogP contribution in [0.15, 0.2) is 30.0 Å². The zero-order valence-corrected chi connectivity index (χ0v) is 24.6. The molecule has 0 amide bonds. The number of hydrogen-bond donors (Lipinski definition) is 6. The number of fused-ring (bicyclic) bond motifs is 8. The van der Waals surface area contributed by atoms with Crippen molar-refractivity contribution in [1.82, 2.24) is 20.3 Å². The first-order valence-electron chi connectivity index (χ1n) is 14.2. The Morgan fingerprint density at radius 1 is 0.810 bits per heavy atom. The van der Waals surface area contributed by atoms with Crippen LogP contribution in [0.3, 0.4) is 0 Å². The van der Waals surface area contributed by atoms with Crippen LogP contribution >= 0.6 is 0 Å². The second-order valence-electron chi connectivity index (χ2n) is 11.2. The Kier molecular flexibility index (Phi) is 7.73. The minimum absolute atomic E-state index is 0.00493. The number of aliphatic carboxylic acids is 2.